The van der Waals surface area contributed by atoms with E-state index in [-0.39, 0.29) is 11.9 Å². The minimum absolute atomic E-state index is 0.134. The van der Waals surface area contributed by atoms with Crippen LogP contribution in [0.2, 0.25) is 0 Å². The van der Waals surface area contributed by atoms with Crippen molar-refractivity contribution in [3.8, 4) is 0 Å². The number of piperidine rings is 1. The molecular weight excluding hydrogens is 338 g/mol. The van der Waals surface area contributed by atoms with Gasteiger partial charge in [-0.25, -0.2) is 8.78 Å². The van der Waals surface area contributed by atoms with Crippen LogP contribution in [0.3, 0.4) is 0 Å². The maximum atomic E-state index is 13.3. The molecule has 0 bridgehead atoms. The Morgan fingerprint density at radius 2 is 1.77 bits per heavy atom. The number of hydrogen-bond acceptors (Lipinski definition) is 4. The minimum atomic E-state index is -0.536. The number of carbonyl (C=O) groups is 1. The quantitative estimate of drug-likeness (QED) is 0.690. The number of amides is 1. The average Bonchev–Trinajstić information content (AvgIpc) is 3.09. The Morgan fingerprint density at radius 1 is 1.12 bits per heavy atom. The van der Waals surface area contributed by atoms with Gasteiger partial charge in [0, 0.05) is 51.3 Å². The first-order chi connectivity index (χ1) is 12.6. The van der Waals surface area contributed by atoms with Crippen molar-refractivity contribution in [3.05, 3.63) is 35.4 Å². The Kier molecular flexibility index (Phi) is 6.93. The molecule has 2 heterocycles. The van der Waals surface area contributed by atoms with Gasteiger partial charge < -0.3 is 5.32 Å². The molecule has 0 atom stereocenters. The van der Waals surface area contributed by atoms with Crippen LogP contribution < -0.4 is 16.2 Å². The monoisotopic (exact) mass is 366 g/mol. The fourth-order valence-corrected chi connectivity index (χ4v) is 3.76. The zero-order valence-electron chi connectivity index (χ0n) is 15.1. The van der Waals surface area contributed by atoms with Gasteiger partial charge in [-0.2, -0.15) is 0 Å². The summed E-state index contributed by atoms with van der Waals surface area (Å²) in [6.07, 6.45) is 4.32. The number of benzene rings is 1. The van der Waals surface area contributed by atoms with Gasteiger partial charge in [-0.15, -0.1) is 0 Å². The molecule has 1 aromatic carbocycles. The molecule has 0 aliphatic carbocycles. The van der Waals surface area contributed by atoms with Gasteiger partial charge in [-0.3, -0.25) is 20.5 Å². The van der Waals surface area contributed by atoms with E-state index in [1.165, 1.54) is 12.1 Å². The second-order valence-electron chi connectivity index (χ2n) is 7.42. The van der Waals surface area contributed by atoms with E-state index in [9.17, 15) is 13.6 Å². The lowest BCUT2D eigenvalue weighted by molar-refractivity contribution is -0.122. The molecule has 7 heteroatoms. The van der Waals surface area contributed by atoms with E-state index in [2.05, 4.69) is 21.1 Å². The second kappa shape index (κ2) is 9.39. The molecule has 2 aliphatic heterocycles. The summed E-state index contributed by atoms with van der Waals surface area (Å²) in [6.45, 7) is 4.15. The summed E-state index contributed by atoms with van der Waals surface area (Å²) in [5.74, 6) is -0.314. The highest BCUT2D eigenvalue weighted by atomic mass is 19.1. The third-order valence-electron chi connectivity index (χ3n) is 5.20. The van der Waals surface area contributed by atoms with Crippen molar-refractivity contribution in [2.45, 2.75) is 44.7 Å². The fourth-order valence-electron chi connectivity index (χ4n) is 3.76. The van der Waals surface area contributed by atoms with Crippen molar-refractivity contribution in [3.63, 3.8) is 0 Å². The number of nitrogens with zero attached hydrogens (tertiary/aromatic N) is 1. The van der Waals surface area contributed by atoms with Crippen LogP contribution in [0.4, 0.5) is 8.78 Å². The molecule has 0 saturated carbocycles. The van der Waals surface area contributed by atoms with E-state index in [4.69, 9.17) is 0 Å². The van der Waals surface area contributed by atoms with Crippen LogP contribution >= 0.6 is 0 Å². The SMILES string of the molecule is O=C(CCCC1CNNC1)NC1CCN(Cc2cc(F)cc(F)c2)CC1. The Balaban J connectivity index is 1.33. The predicted molar refractivity (Wildman–Crippen MR) is 96.1 cm³/mol. The second-order valence-corrected chi connectivity index (χ2v) is 7.42. The molecule has 5 nitrogen and oxygen atoms in total. The fraction of sp³-hybridized carbons (Fsp3) is 0.632. The Hall–Kier alpha value is -1.57. The lowest BCUT2D eigenvalue weighted by Gasteiger charge is -2.32. The van der Waals surface area contributed by atoms with E-state index < -0.39 is 11.6 Å². The first-order valence-corrected chi connectivity index (χ1v) is 9.51. The van der Waals surface area contributed by atoms with E-state index in [0.717, 1.165) is 57.9 Å². The van der Waals surface area contributed by atoms with Crippen LogP contribution in [0.5, 0.6) is 0 Å². The van der Waals surface area contributed by atoms with Crippen LogP contribution in [0.1, 0.15) is 37.7 Å². The molecular formula is C19H28F2N4O. The molecule has 144 valence electrons. The molecule has 0 unspecified atom stereocenters. The summed E-state index contributed by atoms with van der Waals surface area (Å²) >= 11 is 0. The molecule has 3 N–H and O–H groups in total. The molecule has 0 radical (unpaired) electrons. The summed E-state index contributed by atoms with van der Waals surface area (Å²) in [4.78, 5) is 14.3. The molecule has 0 aromatic heterocycles. The van der Waals surface area contributed by atoms with Crippen molar-refractivity contribution in [1.29, 1.82) is 0 Å². The van der Waals surface area contributed by atoms with Crippen molar-refractivity contribution in [2.24, 2.45) is 5.92 Å². The Bertz CT molecular complexity index is 579. The van der Waals surface area contributed by atoms with Crippen molar-refractivity contribution >= 4 is 5.91 Å². The minimum Gasteiger partial charge on any atom is -0.353 e. The van der Waals surface area contributed by atoms with E-state index >= 15 is 0 Å². The molecule has 1 aromatic rings. The smallest absolute Gasteiger partial charge is 0.220 e. The number of likely N-dealkylation sites (tertiary alicyclic amines) is 1. The molecule has 0 spiro atoms. The maximum Gasteiger partial charge on any atom is 0.220 e. The summed E-state index contributed by atoms with van der Waals surface area (Å²) in [7, 11) is 0. The molecule has 1 amide bonds. The third-order valence-corrected chi connectivity index (χ3v) is 5.20. The first kappa shape index (κ1) is 19.2. The number of hydrazine groups is 1. The van der Waals surface area contributed by atoms with Gasteiger partial charge in [0.1, 0.15) is 11.6 Å². The summed E-state index contributed by atoms with van der Waals surface area (Å²) in [6, 6.07) is 3.86. The van der Waals surface area contributed by atoms with Gasteiger partial charge in [0.2, 0.25) is 5.91 Å². The van der Waals surface area contributed by atoms with Gasteiger partial charge >= 0.3 is 0 Å². The highest BCUT2D eigenvalue weighted by Crippen LogP contribution is 2.16. The zero-order chi connectivity index (χ0) is 18.4. The average molecular weight is 366 g/mol. The topological polar surface area (TPSA) is 56.4 Å². The van der Waals surface area contributed by atoms with Gasteiger partial charge in [-0.1, -0.05) is 0 Å². The molecule has 2 saturated heterocycles. The lowest BCUT2D eigenvalue weighted by Crippen LogP contribution is -2.44. The van der Waals surface area contributed by atoms with Crippen molar-refractivity contribution in [1.82, 2.24) is 21.1 Å². The van der Waals surface area contributed by atoms with Gasteiger partial charge in [0.25, 0.3) is 0 Å². The maximum absolute atomic E-state index is 13.3. The van der Waals surface area contributed by atoms with Gasteiger partial charge in [-0.05, 0) is 49.3 Å². The van der Waals surface area contributed by atoms with E-state index in [1.54, 1.807) is 0 Å². The summed E-state index contributed by atoms with van der Waals surface area (Å²) in [5.41, 5.74) is 6.87. The number of carbonyl (C=O) groups excluding carboxylic acids is 1. The Labute approximate surface area is 153 Å². The summed E-state index contributed by atoms with van der Waals surface area (Å²) < 4.78 is 26.6. The summed E-state index contributed by atoms with van der Waals surface area (Å²) in [5, 5.41) is 3.13. The van der Waals surface area contributed by atoms with Crippen LogP contribution in [-0.2, 0) is 11.3 Å². The number of nitrogens with one attached hydrogen (secondary N) is 3. The van der Waals surface area contributed by atoms with Crippen LogP contribution in [0.15, 0.2) is 18.2 Å². The van der Waals surface area contributed by atoms with Gasteiger partial charge in [0.15, 0.2) is 0 Å². The van der Waals surface area contributed by atoms with Crippen LogP contribution in [-0.4, -0.2) is 43.0 Å². The largest absolute Gasteiger partial charge is 0.353 e. The van der Waals surface area contributed by atoms with Gasteiger partial charge in [0.05, 0.1) is 0 Å². The van der Waals surface area contributed by atoms with Crippen molar-refractivity contribution in [2.75, 3.05) is 26.2 Å². The first-order valence-electron chi connectivity index (χ1n) is 9.51. The molecule has 26 heavy (non-hydrogen) atoms. The number of halogens is 2. The zero-order valence-corrected chi connectivity index (χ0v) is 15.1. The third kappa shape index (κ3) is 6.00. The Morgan fingerprint density at radius 3 is 2.42 bits per heavy atom. The highest BCUT2D eigenvalue weighted by Gasteiger charge is 2.21. The number of rotatable bonds is 7. The molecule has 2 aliphatic rings. The van der Waals surface area contributed by atoms with Crippen LogP contribution in [0, 0.1) is 17.6 Å². The number of hydrogen-bond donors (Lipinski definition) is 3. The normalized spacial score (nSPS) is 19.8. The lowest BCUT2D eigenvalue weighted by atomic mass is 10.0. The predicted octanol–water partition coefficient (Wildman–Crippen LogP) is 1.94. The van der Waals surface area contributed by atoms with E-state index in [1.807, 2.05) is 0 Å². The van der Waals surface area contributed by atoms with E-state index in [0.29, 0.717) is 24.4 Å². The standard InChI is InChI=1S/C19H28F2N4O/c20-16-8-15(9-17(21)10-16)13-25-6-4-18(5-7-25)24-19(26)3-1-2-14-11-22-23-12-14/h8-10,14,18,22-23H,1-7,11-13H2,(H,24,26). The van der Waals surface area contributed by atoms with Crippen LogP contribution in [0.25, 0.3) is 0 Å². The van der Waals surface area contributed by atoms with Crippen molar-refractivity contribution < 1.29 is 13.6 Å². The molecule has 2 fully saturated rings. The highest BCUT2D eigenvalue weighted by molar-refractivity contribution is 5.76. The molecule has 3 rings (SSSR count).